The fourth-order valence-corrected chi connectivity index (χ4v) is 9.55. The van der Waals surface area contributed by atoms with E-state index >= 15 is 0 Å². The van der Waals surface area contributed by atoms with Crippen molar-refractivity contribution in [1.82, 2.24) is 4.98 Å². The van der Waals surface area contributed by atoms with Gasteiger partial charge in [0.2, 0.25) is 0 Å². The smallest absolute Gasteiger partial charge is 0.0794 e. The second-order valence-electron chi connectivity index (χ2n) is 15.5. The molecule has 0 N–H and O–H groups in total. The molecule has 12 rings (SSSR count). The Morgan fingerprint density at radius 2 is 0.632 bits per heavy atom. The molecule has 1 heteroatoms. The van der Waals surface area contributed by atoms with Gasteiger partial charge in [-0.15, -0.1) is 0 Å². The Kier molecular flexibility index (Phi) is 6.91. The molecule has 0 aliphatic heterocycles. The van der Waals surface area contributed by atoms with Crippen LogP contribution in [0.1, 0.15) is 5.56 Å². The molecule has 1 aromatic heterocycles. The second-order valence-corrected chi connectivity index (χ2v) is 15.5. The number of pyridine rings is 1. The third-order valence-electron chi connectivity index (χ3n) is 12.3. The van der Waals surface area contributed by atoms with Gasteiger partial charge in [-0.3, -0.25) is 0 Å². The Bertz CT molecular complexity index is 3560. The standard InChI is InChI=1S/C56H35N/c1-34-22-24-35(25-23-34)51-33-55(37-27-29-48-43-17-5-3-13-39(43)41-15-7-9-19-45(41)53(48)31-37)57-56-49-21-11-10-20-46(49)50(32-54(51)56)36-26-28-47-42-16-4-2-12-38(42)40-14-6-8-18-44(40)52(47)30-36/h2-33H,1H3. The van der Waals surface area contributed by atoms with Crippen LogP contribution in [0.5, 0.6) is 0 Å². The molecule has 0 unspecified atom stereocenters. The molecule has 0 aliphatic rings. The molecule has 0 amide bonds. The lowest BCUT2D eigenvalue weighted by atomic mass is 9.88. The van der Waals surface area contributed by atoms with Crippen molar-refractivity contribution in [1.29, 1.82) is 0 Å². The van der Waals surface area contributed by atoms with Crippen molar-refractivity contribution < 1.29 is 0 Å². The SMILES string of the molecule is Cc1ccc(-c2cc(-c3ccc4c5ccccc5c5ccccc5c4c3)nc3c2cc(-c2ccc4c5ccccc5c5ccccc5c4c2)c2ccccc23)cc1. The molecular formula is C56H35N. The van der Waals surface area contributed by atoms with Gasteiger partial charge in [0.05, 0.1) is 11.2 Å². The van der Waals surface area contributed by atoms with Crippen LogP contribution >= 0.6 is 0 Å². The molecule has 0 atom stereocenters. The highest BCUT2D eigenvalue weighted by atomic mass is 14.7. The molecule has 1 nitrogen and oxygen atoms in total. The van der Waals surface area contributed by atoms with Crippen LogP contribution in [0, 0.1) is 6.92 Å². The molecule has 0 spiro atoms. The summed E-state index contributed by atoms with van der Waals surface area (Å²) < 4.78 is 0. The Hall–Kier alpha value is -7.35. The maximum Gasteiger partial charge on any atom is 0.0794 e. The largest absolute Gasteiger partial charge is 0.247 e. The first kappa shape index (κ1) is 31.9. The van der Waals surface area contributed by atoms with Gasteiger partial charge < -0.3 is 0 Å². The lowest BCUT2D eigenvalue weighted by Gasteiger charge is -2.17. The van der Waals surface area contributed by atoms with E-state index in [0.29, 0.717) is 0 Å². The third-order valence-corrected chi connectivity index (χ3v) is 12.3. The number of nitrogens with zero attached hydrogens (tertiary/aromatic N) is 1. The van der Waals surface area contributed by atoms with Crippen molar-refractivity contribution >= 4 is 86.3 Å². The summed E-state index contributed by atoms with van der Waals surface area (Å²) in [6.07, 6.45) is 0. The zero-order chi connectivity index (χ0) is 37.6. The van der Waals surface area contributed by atoms with E-state index in [1.54, 1.807) is 0 Å². The number of aromatic nitrogens is 1. The maximum absolute atomic E-state index is 5.59. The second kappa shape index (κ2) is 12.3. The first-order valence-corrected chi connectivity index (χ1v) is 19.8. The summed E-state index contributed by atoms with van der Waals surface area (Å²) in [6, 6.07) is 71.7. The number of aryl methyl sites for hydroxylation is 1. The van der Waals surface area contributed by atoms with Gasteiger partial charge in [0.25, 0.3) is 0 Å². The maximum atomic E-state index is 5.59. The third kappa shape index (κ3) is 4.86. The molecule has 0 radical (unpaired) electrons. The van der Waals surface area contributed by atoms with Crippen molar-refractivity contribution in [2.75, 3.05) is 0 Å². The highest BCUT2D eigenvalue weighted by Gasteiger charge is 2.18. The molecule has 11 aromatic carbocycles. The van der Waals surface area contributed by atoms with Crippen LogP contribution in [-0.4, -0.2) is 4.98 Å². The van der Waals surface area contributed by atoms with Gasteiger partial charge in [-0.1, -0.05) is 175 Å². The summed E-state index contributed by atoms with van der Waals surface area (Å²) in [5.41, 5.74) is 9.12. The zero-order valence-electron chi connectivity index (χ0n) is 31.4. The molecule has 264 valence electrons. The van der Waals surface area contributed by atoms with Crippen LogP contribution in [-0.2, 0) is 0 Å². The first-order valence-electron chi connectivity index (χ1n) is 19.8. The van der Waals surface area contributed by atoms with Gasteiger partial charge in [-0.05, 0) is 123 Å². The number of benzene rings is 11. The minimum absolute atomic E-state index is 0.971. The molecule has 0 saturated heterocycles. The average Bonchev–Trinajstić information content (AvgIpc) is 3.28. The van der Waals surface area contributed by atoms with Crippen molar-refractivity contribution in [3.05, 3.63) is 200 Å². The Morgan fingerprint density at radius 1 is 0.263 bits per heavy atom. The lowest BCUT2D eigenvalue weighted by Crippen LogP contribution is -1.94. The summed E-state index contributed by atoms with van der Waals surface area (Å²) in [7, 11) is 0. The molecule has 57 heavy (non-hydrogen) atoms. The van der Waals surface area contributed by atoms with Gasteiger partial charge in [0.1, 0.15) is 0 Å². The molecule has 0 fully saturated rings. The topological polar surface area (TPSA) is 12.9 Å². The number of rotatable bonds is 3. The van der Waals surface area contributed by atoms with Crippen LogP contribution in [0.2, 0.25) is 0 Å². The van der Waals surface area contributed by atoms with Crippen LogP contribution in [0.3, 0.4) is 0 Å². The normalized spacial score (nSPS) is 11.9. The van der Waals surface area contributed by atoms with Crippen molar-refractivity contribution in [3.63, 3.8) is 0 Å². The Morgan fingerprint density at radius 3 is 1.14 bits per heavy atom. The van der Waals surface area contributed by atoms with E-state index in [9.17, 15) is 0 Å². The summed E-state index contributed by atoms with van der Waals surface area (Å²) >= 11 is 0. The molecule has 12 aromatic rings. The summed E-state index contributed by atoms with van der Waals surface area (Å²) in [5.74, 6) is 0. The highest BCUT2D eigenvalue weighted by Crippen LogP contribution is 2.44. The fourth-order valence-electron chi connectivity index (χ4n) is 9.55. The molecule has 0 bridgehead atoms. The van der Waals surface area contributed by atoms with E-state index in [1.165, 1.54) is 97.8 Å². The van der Waals surface area contributed by atoms with Crippen molar-refractivity contribution in [3.8, 4) is 33.5 Å². The predicted octanol–water partition coefficient (Wildman–Crippen LogP) is 15.6. The van der Waals surface area contributed by atoms with Gasteiger partial charge >= 0.3 is 0 Å². The number of fused-ring (bicyclic) bond motifs is 15. The van der Waals surface area contributed by atoms with Crippen LogP contribution in [0.15, 0.2) is 194 Å². The zero-order valence-corrected chi connectivity index (χ0v) is 31.4. The molecule has 0 aliphatic carbocycles. The van der Waals surface area contributed by atoms with E-state index in [1.807, 2.05) is 0 Å². The van der Waals surface area contributed by atoms with E-state index in [-0.39, 0.29) is 0 Å². The van der Waals surface area contributed by atoms with Gasteiger partial charge in [0, 0.05) is 16.3 Å². The van der Waals surface area contributed by atoms with Crippen molar-refractivity contribution in [2.45, 2.75) is 6.92 Å². The summed E-state index contributed by atoms with van der Waals surface area (Å²) in [6.45, 7) is 2.15. The Labute approximate surface area is 330 Å². The monoisotopic (exact) mass is 721 g/mol. The molecule has 1 heterocycles. The van der Waals surface area contributed by atoms with Crippen molar-refractivity contribution in [2.24, 2.45) is 0 Å². The van der Waals surface area contributed by atoms with Gasteiger partial charge in [-0.25, -0.2) is 4.98 Å². The summed E-state index contributed by atoms with van der Waals surface area (Å²) in [4.78, 5) is 5.59. The first-order chi connectivity index (χ1) is 28.2. The van der Waals surface area contributed by atoms with Crippen LogP contribution in [0.4, 0.5) is 0 Å². The van der Waals surface area contributed by atoms with E-state index in [4.69, 9.17) is 4.98 Å². The fraction of sp³-hybridized carbons (Fsp3) is 0.0179. The summed E-state index contributed by atoms with van der Waals surface area (Å²) in [5, 5.41) is 18.8. The van der Waals surface area contributed by atoms with E-state index in [2.05, 4.69) is 201 Å². The van der Waals surface area contributed by atoms with Crippen LogP contribution in [0.25, 0.3) is 120 Å². The van der Waals surface area contributed by atoms with E-state index < -0.39 is 0 Å². The predicted molar refractivity (Wildman–Crippen MR) is 245 cm³/mol. The minimum Gasteiger partial charge on any atom is -0.247 e. The van der Waals surface area contributed by atoms with Crippen LogP contribution < -0.4 is 0 Å². The molecular weight excluding hydrogens is 687 g/mol. The number of hydrogen-bond donors (Lipinski definition) is 0. The highest BCUT2D eigenvalue weighted by molar-refractivity contribution is 6.27. The molecule has 0 saturated carbocycles. The lowest BCUT2D eigenvalue weighted by molar-refractivity contribution is 1.41. The van der Waals surface area contributed by atoms with Gasteiger partial charge in [0.15, 0.2) is 0 Å². The quantitative estimate of drug-likeness (QED) is 0.166. The van der Waals surface area contributed by atoms with Gasteiger partial charge in [-0.2, -0.15) is 0 Å². The minimum atomic E-state index is 0.971. The van der Waals surface area contributed by atoms with E-state index in [0.717, 1.165) is 27.5 Å². The Balaban J connectivity index is 1.14. The number of hydrogen-bond acceptors (Lipinski definition) is 1. The average molecular weight is 722 g/mol.